The van der Waals surface area contributed by atoms with Gasteiger partial charge in [-0.15, -0.1) is 13.2 Å². The highest BCUT2D eigenvalue weighted by Crippen LogP contribution is 2.27. The van der Waals surface area contributed by atoms with Gasteiger partial charge >= 0.3 is 6.36 Å². The number of alkyl halides is 3. The monoisotopic (exact) mass is 499 g/mol. The molecule has 2 amide bonds. The summed E-state index contributed by atoms with van der Waals surface area (Å²) in [6.07, 6.45) is -0.234. The van der Waals surface area contributed by atoms with E-state index in [1.165, 1.54) is 17.0 Å². The Morgan fingerprint density at radius 1 is 1.00 bits per heavy atom. The fraction of sp³-hybridized carbons (Fsp3) is 0.304. The molecule has 0 aliphatic carbocycles. The smallest absolute Gasteiger partial charge is 0.406 e. The average molecular weight is 500 g/mol. The topological polar surface area (TPSA) is 46.6 Å². The van der Waals surface area contributed by atoms with Gasteiger partial charge in [0, 0.05) is 11.0 Å². The van der Waals surface area contributed by atoms with Crippen LogP contribution in [0.1, 0.15) is 60.4 Å². The number of carbonyl (C=O) groups is 2. The van der Waals surface area contributed by atoms with E-state index in [9.17, 15) is 22.8 Å². The predicted octanol–water partition coefficient (Wildman–Crippen LogP) is 7.10. The Morgan fingerprint density at radius 3 is 2.00 bits per heavy atom. The minimum Gasteiger partial charge on any atom is -0.406 e. The summed E-state index contributed by atoms with van der Waals surface area (Å²) in [5, 5.41) is 0. The number of imide groups is 1. The Morgan fingerprint density at radius 2 is 1.55 bits per heavy atom. The molecule has 0 saturated carbocycles. The van der Waals surface area contributed by atoms with Gasteiger partial charge in [0.15, 0.2) is 0 Å². The normalized spacial score (nSPS) is 12.7. The summed E-state index contributed by atoms with van der Waals surface area (Å²) in [4.78, 5) is 24.3. The molecule has 0 unspecified atom stereocenters. The minimum absolute atomic E-state index is 0.178. The number of fused-ring (bicyclic) bond motifs is 1. The molecule has 0 spiro atoms. The first-order chi connectivity index (χ1) is 14.7. The molecule has 0 saturated heterocycles. The molecule has 1 aliphatic heterocycles. The molecule has 8 heteroatoms. The van der Waals surface area contributed by atoms with Crippen LogP contribution in [0, 0.1) is 0 Å². The second-order valence-corrected chi connectivity index (χ2v) is 6.89. The van der Waals surface area contributed by atoms with Crippen molar-refractivity contribution in [1.82, 2.24) is 4.90 Å². The summed E-state index contributed by atoms with van der Waals surface area (Å²) < 4.78 is 40.4. The number of amides is 2. The summed E-state index contributed by atoms with van der Waals surface area (Å²) in [7, 11) is 0. The van der Waals surface area contributed by atoms with Crippen molar-refractivity contribution < 1.29 is 27.5 Å². The van der Waals surface area contributed by atoms with E-state index in [0.29, 0.717) is 27.7 Å². The van der Waals surface area contributed by atoms with Gasteiger partial charge in [-0.05, 0) is 49.2 Å². The Labute approximate surface area is 188 Å². The maximum Gasteiger partial charge on any atom is 0.573 e. The van der Waals surface area contributed by atoms with Gasteiger partial charge in [0.05, 0.1) is 11.1 Å². The average Bonchev–Trinajstić information content (AvgIpc) is 2.97. The molecule has 168 valence electrons. The molecule has 0 radical (unpaired) electrons. The molecular formula is C23H25BrF3NO3. The van der Waals surface area contributed by atoms with Crippen molar-refractivity contribution in [2.45, 2.75) is 40.5 Å². The van der Waals surface area contributed by atoms with E-state index < -0.39 is 6.36 Å². The van der Waals surface area contributed by atoms with Crippen molar-refractivity contribution in [3.63, 3.8) is 0 Å². The van der Waals surface area contributed by atoms with Crippen LogP contribution in [-0.2, 0) is 0 Å². The lowest BCUT2D eigenvalue weighted by Crippen LogP contribution is -2.29. The van der Waals surface area contributed by atoms with E-state index in [-0.39, 0.29) is 17.6 Å². The van der Waals surface area contributed by atoms with E-state index >= 15 is 0 Å². The first-order valence-corrected chi connectivity index (χ1v) is 10.6. The third-order valence-electron chi connectivity index (χ3n) is 3.87. The maximum absolute atomic E-state index is 12.0. The zero-order valence-corrected chi connectivity index (χ0v) is 19.4. The van der Waals surface area contributed by atoms with E-state index in [4.69, 9.17) is 0 Å². The molecule has 3 rings (SSSR count). The second-order valence-electron chi connectivity index (χ2n) is 5.98. The highest BCUT2D eigenvalue weighted by atomic mass is 79.9. The third kappa shape index (κ3) is 7.86. The molecule has 1 aliphatic rings. The fourth-order valence-corrected chi connectivity index (χ4v) is 3.14. The summed E-state index contributed by atoms with van der Waals surface area (Å²) in [6, 6.07) is 11.2. The Hall–Kier alpha value is -2.61. The lowest BCUT2D eigenvalue weighted by molar-refractivity contribution is -0.274. The quantitative estimate of drug-likeness (QED) is 0.421. The number of allylic oxidation sites excluding steroid dienone is 1. The molecular weight excluding hydrogens is 475 g/mol. The molecule has 0 bridgehead atoms. The number of nitrogens with zero attached hydrogens (tertiary/aromatic N) is 1. The lowest BCUT2D eigenvalue weighted by atomic mass is 10.1. The standard InChI is InChI=1S/C11H10BrF3O.C10H9NO2.C2H6/c1-2-3-4-8-5-9(12)7-10(6-8)16-11(13,14)15;1-2-11-9(12)7-5-3-4-6-8(7)10(11)13;1-2/h3-7H,2H2,1H3;3-6H,2H2,1H3;1-2H3/b4-3+;;. The number of ether oxygens (including phenoxy) is 1. The molecule has 1 heterocycles. The van der Waals surface area contributed by atoms with E-state index in [0.717, 1.165) is 6.42 Å². The first kappa shape index (κ1) is 26.4. The van der Waals surface area contributed by atoms with Crippen LogP contribution >= 0.6 is 15.9 Å². The predicted molar refractivity (Wildman–Crippen MR) is 119 cm³/mol. The molecule has 31 heavy (non-hydrogen) atoms. The van der Waals surface area contributed by atoms with Gasteiger partial charge in [-0.2, -0.15) is 0 Å². The Bertz CT molecular complexity index is 892. The van der Waals surface area contributed by atoms with Crippen LogP contribution in [0.25, 0.3) is 6.08 Å². The van der Waals surface area contributed by atoms with Crippen molar-refractivity contribution >= 4 is 33.8 Å². The Balaban J connectivity index is 0.000000291. The van der Waals surface area contributed by atoms with Gasteiger partial charge in [-0.25, -0.2) is 0 Å². The van der Waals surface area contributed by atoms with Crippen LogP contribution < -0.4 is 4.74 Å². The van der Waals surface area contributed by atoms with Gasteiger partial charge < -0.3 is 4.74 Å². The Kier molecular flexibility index (Phi) is 10.5. The highest BCUT2D eigenvalue weighted by Gasteiger charge is 2.33. The minimum atomic E-state index is -4.66. The number of rotatable bonds is 4. The number of benzene rings is 2. The highest BCUT2D eigenvalue weighted by molar-refractivity contribution is 9.10. The number of hydrogen-bond donors (Lipinski definition) is 0. The van der Waals surface area contributed by atoms with Gasteiger partial charge in [-0.1, -0.05) is 61.0 Å². The molecule has 0 fully saturated rings. The van der Waals surface area contributed by atoms with Crippen LogP contribution in [0.2, 0.25) is 0 Å². The summed E-state index contributed by atoms with van der Waals surface area (Å²) in [5.41, 5.74) is 1.71. The molecule has 0 N–H and O–H groups in total. The zero-order chi connectivity index (χ0) is 23.6. The number of halogens is 4. The fourth-order valence-electron chi connectivity index (χ4n) is 2.65. The van der Waals surface area contributed by atoms with Crippen molar-refractivity contribution in [2.24, 2.45) is 0 Å². The maximum atomic E-state index is 12.0. The molecule has 2 aromatic rings. The number of hydrogen-bond acceptors (Lipinski definition) is 3. The van der Waals surface area contributed by atoms with Gasteiger partial charge in [0.2, 0.25) is 0 Å². The lowest BCUT2D eigenvalue weighted by Gasteiger charge is -2.09. The van der Waals surface area contributed by atoms with E-state index in [1.54, 1.807) is 43.3 Å². The summed E-state index contributed by atoms with van der Waals surface area (Å²) in [5.74, 6) is -0.580. The van der Waals surface area contributed by atoms with Crippen molar-refractivity contribution in [1.29, 1.82) is 0 Å². The van der Waals surface area contributed by atoms with Crippen molar-refractivity contribution in [3.8, 4) is 5.75 Å². The van der Waals surface area contributed by atoms with E-state index in [2.05, 4.69) is 20.7 Å². The summed E-state index contributed by atoms with van der Waals surface area (Å²) in [6.45, 7) is 8.18. The van der Waals surface area contributed by atoms with Crippen LogP contribution in [0.4, 0.5) is 13.2 Å². The van der Waals surface area contributed by atoms with Crippen LogP contribution in [0.5, 0.6) is 5.75 Å². The number of carbonyl (C=O) groups excluding carboxylic acids is 2. The molecule has 0 aromatic heterocycles. The van der Waals surface area contributed by atoms with Crippen LogP contribution in [0.15, 0.2) is 53.0 Å². The largest absolute Gasteiger partial charge is 0.573 e. The zero-order valence-electron chi connectivity index (χ0n) is 17.8. The van der Waals surface area contributed by atoms with Crippen LogP contribution in [0.3, 0.4) is 0 Å². The first-order valence-electron chi connectivity index (χ1n) is 9.84. The van der Waals surface area contributed by atoms with Gasteiger partial charge in [0.25, 0.3) is 11.8 Å². The second kappa shape index (κ2) is 12.3. The van der Waals surface area contributed by atoms with Gasteiger partial charge in [0.1, 0.15) is 5.75 Å². The van der Waals surface area contributed by atoms with Crippen LogP contribution in [-0.4, -0.2) is 29.6 Å². The van der Waals surface area contributed by atoms with Crippen molar-refractivity contribution in [2.75, 3.05) is 6.54 Å². The molecule has 2 aromatic carbocycles. The van der Waals surface area contributed by atoms with Gasteiger partial charge in [-0.3, -0.25) is 14.5 Å². The third-order valence-corrected chi connectivity index (χ3v) is 4.33. The van der Waals surface area contributed by atoms with E-state index in [1.807, 2.05) is 26.8 Å². The van der Waals surface area contributed by atoms with Crippen molar-refractivity contribution in [3.05, 3.63) is 69.7 Å². The SMILES string of the molecule is CC.CC/C=C/c1cc(Br)cc(OC(F)(F)F)c1.CCN1C(=O)c2ccccc2C1=O. The molecule has 0 atom stereocenters. The summed E-state index contributed by atoms with van der Waals surface area (Å²) >= 11 is 3.13. The molecule has 4 nitrogen and oxygen atoms in total.